The number of hydrogen-bond acceptors (Lipinski definition) is 6. The van der Waals surface area contributed by atoms with Crippen molar-refractivity contribution in [1.29, 1.82) is 0 Å². The zero-order valence-electron chi connectivity index (χ0n) is 17.9. The number of benzene rings is 2. The molecule has 0 aromatic heterocycles. The SMILES string of the molecule is CC(C)OC(=O)[C@H](OCc1ccccc1)[C@@H](OCc1ccccc1)C(=O)OC(C)C. The van der Waals surface area contributed by atoms with Gasteiger partial charge in [0, 0.05) is 0 Å². The van der Waals surface area contributed by atoms with E-state index in [9.17, 15) is 9.59 Å². The van der Waals surface area contributed by atoms with Crippen LogP contribution in [-0.4, -0.2) is 36.4 Å². The molecule has 2 rings (SSSR count). The van der Waals surface area contributed by atoms with Gasteiger partial charge in [-0.2, -0.15) is 0 Å². The minimum absolute atomic E-state index is 0.124. The predicted octanol–water partition coefficient (Wildman–Crippen LogP) is 4.06. The Morgan fingerprint density at radius 1 is 0.633 bits per heavy atom. The Hall–Kier alpha value is -2.70. The molecule has 0 spiro atoms. The fraction of sp³-hybridized carbons (Fsp3) is 0.417. The van der Waals surface area contributed by atoms with E-state index in [1.807, 2.05) is 60.7 Å². The van der Waals surface area contributed by atoms with Gasteiger partial charge in [0.15, 0.2) is 12.2 Å². The molecule has 0 amide bonds. The molecule has 0 saturated heterocycles. The highest BCUT2D eigenvalue weighted by Gasteiger charge is 2.39. The Labute approximate surface area is 178 Å². The monoisotopic (exact) mass is 414 g/mol. The summed E-state index contributed by atoms with van der Waals surface area (Å²) in [7, 11) is 0. The second-order valence-corrected chi connectivity index (χ2v) is 7.41. The first-order valence-corrected chi connectivity index (χ1v) is 10.1. The van der Waals surface area contributed by atoms with Crippen LogP contribution in [0.3, 0.4) is 0 Å². The van der Waals surface area contributed by atoms with Gasteiger partial charge in [0.2, 0.25) is 0 Å². The lowest BCUT2D eigenvalue weighted by Crippen LogP contribution is -2.46. The van der Waals surface area contributed by atoms with E-state index >= 15 is 0 Å². The minimum atomic E-state index is -1.26. The van der Waals surface area contributed by atoms with Gasteiger partial charge in [-0.25, -0.2) is 9.59 Å². The average molecular weight is 414 g/mol. The van der Waals surface area contributed by atoms with Gasteiger partial charge in [-0.1, -0.05) is 60.7 Å². The summed E-state index contributed by atoms with van der Waals surface area (Å²) in [5.74, 6) is -1.33. The molecule has 0 aliphatic carbocycles. The van der Waals surface area contributed by atoms with Crippen LogP contribution in [0.1, 0.15) is 38.8 Å². The van der Waals surface area contributed by atoms with E-state index in [1.165, 1.54) is 0 Å². The van der Waals surface area contributed by atoms with E-state index in [-0.39, 0.29) is 25.4 Å². The van der Waals surface area contributed by atoms with E-state index in [0.29, 0.717) is 0 Å². The van der Waals surface area contributed by atoms with Crippen LogP contribution in [0.5, 0.6) is 0 Å². The van der Waals surface area contributed by atoms with E-state index < -0.39 is 24.1 Å². The quantitative estimate of drug-likeness (QED) is 0.517. The molecule has 6 nitrogen and oxygen atoms in total. The summed E-state index contributed by atoms with van der Waals surface area (Å²) in [4.78, 5) is 25.6. The molecule has 0 aliphatic rings. The molecule has 0 radical (unpaired) electrons. The van der Waals surface area contributed by atoms with Gasteiger partial charge in [0.05, 0.1) is 25.4 Å². The van der Waals surface area contributed by atoms with Crippen molar-refractivity contribution in [3.63, 3.8) is 0 Å². The summed E-state index contributed by atoms with van der Waals surface area (Å²) >= 11 is 0. The number of hydrogen-bond donors (Lipinski definition) is 0. The van der Waals surface area contributed by atoms with Gasteiger partial charge in [-0.15, -0.1) is 0 Å². The van der Waals surface area contributed by atoms with Gasteiger partial charge in [-0.3, -0.25) is 0 Å². The molecular formula is C24H30O6. The zero-order chi connectivity index (χ0) is 21.9. The van der Waals surface area contributed by atoms with Crippen LogP contribution in [0, 0.1) is 0 Å². The topological polar surface area (TPSA) is 71.1 Å². The maximum Gasteiger partial charge on any atom is 0.338 e. The predicted molar refractivity (Wildman–Crippen MR) is 112 cm³/mol. The number of ether oxygens (including phenoxy) is 4. The Morgan fingerprint density at radius 2 is 0.967 bits per heavy atom. The van der Waals surface area contributed by atoms with E-state index in [1.54, 1.807) is 27.7 Å². The second-order valence-electron chi connectivity index (χ2n) is 7.41. The van der Waals surface area contributed by atoms with Crippen molar-refractivity contribution in [2.75, 3.05) is 0 Å². The summed E-state index contributed by atoms with van der Waals surface area (Å²) < 4.78 is 22.4. The maximum absolute atomic E-state index is 12.8. The Morgan fingerprint density at radius 3 is 1.27 bits per heavy atom. The first-order valence-electron chi connectivity index (χ1n) is 10.1. The molecular weight excluding hydrogens is 384 g/mol. The fourth-order valence-corrected chi connectivity index (χ4v) is 2.68. The summed E-state index contributed by atoms with van der Waals surface area (Å²) in [6.45, 7) is 7.19. The maximum atomic E-state index is 12.8. The van der Waals surface area contributed by atoms with E-state index in [2.05, 4.69) is 0 Å². The molecule has 162 valence electrons. The first-order chi connectivity index (χ1) is 14.4. The van der Waals surface area contributed by atoms with E-state index in [4.69, 9.17) is 18.9 Å². The molecule has 0 unspecified atom stereocenters. The lowest BCUT2D eigenvalue weighted by atomic mass is 10.1. The molecule has 2 aromatic rings. The average Bonchev–Trinajstić information content (AvgIpc) is 2.70. The van der Waals surface area contributed by atoms with Crippen molar-refractivity contribution in [2.24, 2.45) is 0 Å². The van der Waals surface area contributed by atoms with Crippen LogP contribution < -0.4 is 0 Å². The Kier molecular flexibility index (Phi) is 9.51. The molecule has 2 atom stereocenters. The molecule has 0 fully saturated rings. The summed E-state index contributed by atoms with van der Waals surface area (Å²) in [6.07, 6.45) is -3.25. The van der Waals surface area contributed by atoms with Crippen LogP contribution in [0.25, 0.3) is 0 Å². The highest BCUT2D eigenvalue weighted by Crippen LogP contribution is 2.16. The molecule has 30 heavy (non-hydrogen) atoms. The van der Waals surface area contributed by atoms with Crippen molar-refractivity contribution in [1.82, 2.24) is 0 Å². The molecule has 0 saturated carbocycles. The number of carbonyl (C=O) groups is 2. The summed E-state index contributed by atoms with van der Waals surface area (Å²) in [5.41, 5.74) is 1.72. The summed E-state index contributed by atoms with van der Waals surface area (Å²) in [6, 6.07) is 18.8. The number of rotatable bonds is 11. The van der Waals surface area contributed by atoms with Crippen molar-refractivity contribution in [2.45, 2.75) is 65.3 Å². The fourth-order valence-electron chi connectivity index (χ4n) is 2.68. The Bertz CT molecular complexity index is 705. The van der Waals surface area contributed by atoms with Crippen molar-refractivity contribution in [3.8, 4) is 0 Å². The third-order valence-corrected chi connectivity index (χ3v) is 3.99. The van der Waals surface area contributed by atoms with Crippen molar-refractivity contribution in [3.05, 3.63) is 71.8 Å². The second kappa shape index (κ2) is 12.1. The smallest absolute Gasteiger partial charge is 0.338 e. The van der Waals surface area contributed by atoms with Crippen LogP contribution in [0.4, 0.5) is 0 Å². The normalized spacial score (nSPS) is 13.1. The minimum Gasteiger partial charge on any atom is -0.461 e. The molecule has 2 aromatic carbocycles. The van der Waals surface area contributed by atoms with Crippen molar-refractivity contribution >= 4 is 11.9 Å². The molecule has 0 bridgehead atoms. The number of carbonyl (C=O) groups excluding carboxylic acids is 2. The highest BCUT2D eigenvalue weighted by molar-refractivity contribution is 5.85. The molecule has 0 N–H and O–H groups in total. The van der Waals surface area contributed by atoms with Crippen LogP contribution in [0.15, 0.2) is 60.7 Å². The highest BCUT2D eigenvalue weighted by atomic mass is 16.6. The molecule has 0 heterocycles. The summed E-state index contributed by atoms with van der Waals surface area (Å²) in [5, 5.41) is 0. The molecule has 6 heteroatoms. The van der Waals surface area contributed by atoms with Crippen LogP contribution in [-0.2, 0) is 41.8 Å². The van der Waals surface area contributed by atoms with E-state index in [0.717, 1.165) is 11.1 Å². The van der Waals surface area contributed by atoms with Gasteiger partial charge < -0.3 is 18.9 Å². The van der Waals surface area contributed by atoms with Gasteiger partial charge >= 0.3 is 11.9 Å². The lowest BCUT2D eigenvalue weighted by molar-refractivity contribution is -0.190. The van der Waals surface area contributed by atoms with Crippen molar-refractivity contribution < 1.29 is 28.5 Å². The van der Waals surface area contributed by atoms with Crippen LogP contribution >= 0.6 is 0 Å². The standard InChI is InChI=1S/C24H30O6/c1-17(2)29-23(25)21(27-15-19-11-7-5-8-12-19)22(24(26)30-18(3)4)28-16-20-13-9-6-10-14-20/h5-14,17-18,21-22H,15-16H2,1-4H3/t21-,22-/m1/s1. The van der Waals surface area contributed by atoms with Gasteiger partial charge in [0.1, 0.15) is 0 Å². The first kappa shape index (κ1) is 23.6. The molecule has 0 aliphatic heterocycles. The third kappa shape index (κ3) is 7.97. The largest absolute Gasteiger partial charge is 0.461 e. The number of esters is 2. The van der Waals surface area contributed by atoms with Gasteiger partial charge in [0.25, 0.3) is 0 Å². The third-order valence-electron chi connectivity index (χ3n) is 3.99. The van der Waals surface area contributed by atoms with Gasteiger partial charge in [-0.05, 0) is 38.8 Å². The van der Waals surface area contributed by atoms with Crippen LogP contribution in [0.2, 0.25) is 0 Å². The Balaban J connectivity index is 2.23. The lowest BCUT2D eigenvalue weighted by Gasteiger charge is -2.26. The zero-order valence-corrected chi connectivity index (χ0v) is 17.9.